The van der Waals surface area contributed by atoms with Crippen molar-refractivity contribution in [2.24, 2.45) is 5.92 Å². The summed E-state index contributed by atoms with van der Waals surface area (Å²) in [5, 5.41) is 3.56. The second-order valence-corrected chi connectivity index (χ2v) is 6.31. The number of aromatic nitrogens is 1. The smallest absolute Gasteiger partial charge is 0.225 e. The Morgan fingerprint density at radius 3 is 2.58 bits per heavy atom. The van der Waals surface area contributed by atoms with Crippen molar-refractivity contribution in [1.82, 2.24) is 15.2 Å². The van der Waals surface area contributed by atoms with Crippen molar-refractivity contribution in [3.05, 3.63) is 64.9 Å². The first-order valence-corrected chi connectivity index (χ1v) is 8.18. The predicted molar refractivity (Wildman–Crippen MR) is 91.1 cm³/mol. The number of nitrogens with zero attached hydrogens (tertiary/aromatic N) is 2. The molecule has 1 atom stereocenters. The highest BCUT2D eigenvalue weighted by molar-refractivity contribution is 6.30. The Bertz CT molecular complexity index is 719. The number of benzene rings is 1. The fraction of sp³-hybridized carbons (Fsp3) is 0.278. The molecular formula is C18H18ClN3O2. The summed E-state index contributed by atoms with van der Waals surface area (Å²) in [5.74, 6) is -0.376. The molecule has 0 radical (unpaired) electrons. The van der Waals surface area contributed by atoms with Gasteiger partial charge in [0.1, 0.15) is 0 Å². The van der Waals surface area contributed by atoms with E-state index in [0.29, 0.717) is 24.7 Å². The molecule has 0 spiro atoms. The van der Waals surface area contributed by atoms with Gasteiger partial charge in [0.05, 0.1) is 5.92 Å². The van der Waals surface area contributed by atoms with Gasteiger partial charge in [0, 0.05) is 43.5 Å². The van der Waals surface area contributed by atoms with Crippen LogP contribution in [0.25, 0.3) is 0 Å². The van der Waals surface area contributed by atoms with Crippen LogP contribution in [0.1, 0.15) is 17.5 Å². The Labute approximate surface area is 145 Å². The molecule has 1 aliphatic rings. The van der Waals surface area contributed by atoms with Crippen LogP contribution in [0.4, 0.5) is 0 Å². The lowest BCUT2D eigenvalue weighted by Crippen LogP contribution is -2.32. The normalized spacial score (nSPS) is 17.1. The number of amides is 2. The highest BCUT2D eigenvalue weighted by Crippen LogP contribution is 2.21. The Hall–Kier alpha value is -2.40. The van der Waals surface area contributed by atoms with Crippen LogP contribution in [0.3, 0.4) is 0 Å². The number of carbonyl (C=O) groups is 2. The first kappa shape index (κ1) is 16.5. The molecular weight excluding hydrogens is 326 g/mol. The topological polar surface area (TPSA) is 62.3 Å². The van der Waals surface area contributed by atoms with Crippen LogP contribution in [0, 0.1) is 5.92 Å². The molecule has 2 amide bonds. The minimum Gasteiger partial charge on any atom is -0.352 e. The van der Waals surface area contributed by atoms with Crippen LogP contribution in [-0.2, 0) is 22.7 Å². The maximum absolute atomic E-state index is 12.3. The van der Waals surface area contributed by atoms with E-state index < -0.39 is 0 Å². The lowest BCUT2D eigenvalue weighted by Gasteiger charge is -2.16. The van der Waals surface area contributed by atoms with E-state index in [1.807, 2.05) is 24.3 Å². The Balaban J connectivity index is 1.53. The summed E-state index contributed by atoms with van der Waals surface area (Å²) in [7, 11) is 0. The van der Waals surface area contributed by atoms with E-state index in [4.69, 9.17) is 11.6 Å². The van der Waals surface area contributed by atoms with Gasteiger partial charge < -0.3 is 10.2 Å². The van der Waals surface area contributed by atoms with Crippen molar-refractivity contribution in [3.8, 4) is 0 Å². The summed E-state index contributed by atoms with van der Waals surface area (Å²) in [6, 6.07) is 11.1. The Morgan fingerprint density at radius 1 is 1.17 bits per heavy atom. The maximum Gasteiger partial charge on any atom is 0.225 e. The Kier molecular flexibility index (Phi) is 5.11. The molecule has 1 N–H and O–H groups in total. The number of hydrogen-bond acceptors (Lipinski definition) is 3. The van der Waals surface area contributed by atoms with Gasteiger partial charge in [-0.05, 0) is 35.4 Å². The van der Waals surface area contributed by atoms with Gasteiger partial charge in [0.15, 0.2) is 0 Å². The molecule has 5 nitrogen and oxygen atoms in total. The lowest BCUT2D eigenvalue weighted by atomic mass is 10.1. The van der Waals surface area contributed by atoms with E-state index in [-0.39, 0.29) is 24.2 Å². The van der Waals surface area contributed by atoms with E-state index in [2.05, 4.69) is 10.3 Å². The second-order valence-electron chi connectivity index (χ2n) is 5.88. The highest BCUT2D eigenvalue weighted by Gasteiger charge is 2.34. The molecule has 1 aromatic heterocycles. The number of rotatable bonds is 5. The fourth-order valence-corrected chi connectivity index (χ4v) is 2.87. The van der Waals surface area contributed by atoms with Crippen molar-refractivity contribution in [2.75, 3.05) is 6.54 Å². The highest BCUT2D eigenvalue weighted by atomic mass is 35.5. The molecule has 0 bridgehead atoms. The third kappa shape index (κ3) is 4.11. The molecule has 0 unspecified atom stereocenters. The van der Waals surface area contributed by atoms with Crippen LogP contribution in [0.2, 0.25) is 5.02 Å². The molecule has 1 fully saturated rings. The number of nitrogens with one attached hydrogen (secondary N) is 1. The SMILES string of the molecule is O=C(NCc1ccncc1)[C@@H]1CC(=O)N(Cc2ccc(Cl)cc2)C1. The molecule has 2 heterocycles. The number of carbonyl (C=O) groups excluding carboxylic acids is 2. The molecule has 0 saturated carbocycles. The van der Waals surface area contributed by atoms with Gasteiger partial charge in [-0.1, -0.05) is 23.7 Å². The monoisotopic (exact) mass is 343 g/mol. The van der Waals surface area contributed by atoms with Gasteiger partial charge >= 0.3 is 0 Å². The summed E-state index contributed by atoms with van der Waals surface area (Å²) in [6.07, 6.45) is 3.64. The lowest BCUT2D eigenvalue weighted by molar-refractivity contribution is -0.129. The van der Waals surface area contributed by atoms with E-state index in [9.17, 15) is 9.59 Å². The molecule has 6 heteroatoms. The average molecular weight is 344 g/mol. The van der Waals surface area contributed by atoms with Crippen LogP contribution >= 0.6 is 11.6 Å². The standard InChI is InChI=1S/C18H18ClN3O2/c19-16-3-1-14(2-4-16)11-22-12-15(9-17(22)23)18(24)21-10-13-5-7-20-8-6-13/h1-8,15H,9-12H2,(H,21,24)/t15-/m1/s1. The molecule has 0 aliphatic carbocycles. The third-order valence-electron chi connectivity index (χ3n) is 4.09. The van der Waals surface area contributed by atoms with Crippen molar-refractivity contribution in [2.45, 2.75) is 19.5 Å². The zero-order chi connectivity index (χ0) is 16.9. The number of halogens is 1. The quantitative estimate of drug-likeness (QED) is 0.906. The molecule has 24 heavy (non-hydrogen) atoms. The van der Waals surface area contributed by atoms with Crippen LogP contribution in [0.5, 0.6) is 0 Å². The maximum atomic E-state index is 12.3. The summed E-state index contributed by atoms with van der Waals surface area (Å²) >= 11 is 5.87. The molecule has 1 saturated heterocycles. The van der Waals surface area contributed by atoms with Crippen molar-refractivity contribution >= 4 is 23.4 Å². The minimum atomic E-state index is -0.299. The largest absolute Gasteiger partial charge is 0.352 e. The summed E-state index contributed by atoms with van der Waals surface area (Å²) in [6.45, 7) is 1.40. The van der Waals surface area contributed by atoms with Gasteiger partial charge in [-0.3, -0.25) is 14.6 Å². The molecule has 3 rings (SSSR count). The number of pyridine rings is 1. The summed E-state index contributed by atoms with van der Waals surface area (Å²) in [4.78, 5) is 30.1. The zero-order valence-electron chi connectivity index (χ0n) is 13.1. The van der Waals surface area contributed by atoms with Gasteiger partial charge in [0.25, 0.3) is 0 Å². The summed E-state index contributed by atoms with van der Waals surface area (Å²) in [5.41, 5.74) is 1.99. The molecule has 2 aromatic rings. The van der Waals surface area contributed by atoms with E-state index in [0.717, 1.165) is 11.1 Å². The molecule has 1 aromatic carbocycles. The Morgan fingerprint density at radius 2 is 1.88 bits per heavy atom. The number of likely N-dealkylation sites (tertiary alicyclic amines) is 1. The third-order valence-corrected chi connectivity index (χ3v) is 4.34. The van der Waals surface area contributed by atoms with Crippen LogP contribution < -0.4 is 5.32 Å². The first-order chi connectivity index (χ1) is 11.6. The van der Waals surface area contributed by atoms with Crippen molar-refractivity contribution in [1.29, 1.82) is 0 Å². The minimum absolute atomic E-state index is 0.00834. The van der Waals surface area contributed by atoms with Gasteiger partial charge in [-0.25, -0.2) is 0 Å². The van der Waals surface area contributed by atoms with Gasteiger partial charge in [-0.2, -0.15) is 0 Å². The number of hydrogen-bond donors (Lipinski definition) is 1. The predicted octanol–water partition coefficient (Wildman–Crippen LogP) is 2.40. The summed E-state index contributed by atoms with van der Waals surface area (Å²) < 4.78 is 0. The van der Waals surface area contributed by atoms with E-state index in [1.54, 1.807) is 29.4 Å². The van der Waals surface area contributed by atoms with Gasteiger partial charge in [-0.15, -0.1) is 0 Å². The van der Waals surface area contributed by atoms with Crippen molar-refractivity contribution in [3.63, 3.8) is 0 Å². The molecule has 124 valence electrons. The zero-order valence-corrected chi connectivity index (χ0v) is 13.9. The average Bonchev–Trinajstić information content (AvgIpc) is 2.96. The molecule has 1 aliphatic heterocycles. The van der Waals surface area contributed by atoms with Crippen molar-refractivity contribution < 1.29 is 9.59 Å². The fourth-order valence-electron chi connectivity index (χ4n) is 2.74. The van der Waals surface area contributed by atoms with Gasteiger partial charge in [0.2, 0.25) is 11.8 Å². The van der Waals surface area contributed by atoms with E-state index >= 15 is 0 Å². The van der Waals surface area contributed by atoms with E-state index in [1.165, 1.54) is 0 Å². The van der Waals surface area contributed by atoms with Crippen LogP contribution in [0.15, 0.2) is 48.8 Å². The second kappa shape index (κ2) is 7.45. The first-order valence-electron chi connectivity index (χ1n) is 7.80. The van der Waals surface area contributed by atoms with Crippen LogP contribution in [-0.4, -0.2) is 28.2 Å².